The van der Waals surface area contributed by atoms with Crippen LogP contribution < -0.4 is 15.0 Å². The molecule has 0 aromatic heterocycles. The Morgan fingerprint density at radius 2 is 1.77 bits per heavy atom. The number of nitrogens with one attached hydrogen (secondary N) is 1. The highest BCUT2D eigenvalue weighted by Crippen LogP contribution is 2.31. The van der Waals surface area contributed by atoms with Gasteiger partial charge in [0.15, 0.2) is 0 Å². The predicted molar refractivity (Wildman–Crippen MR) is 140 cm³/mol. The van der Waals surface area contributed by atoms with Crippen LogP contribution in [-0.2, 0) is 16.2 Å². The van der Waals surface area contributed by atoms with Crippen LogP contribution in [0.4, 0.5) is 10.5 Å². The Morgan fingerprint density at radius 3 is 2.49 bits per heavy atom. The Kier molecular flexibility index (Phi) is 7.10. The van der Waals surface area contributed by atoms with Crippen LogP contribution >= 0.6 is 27.5 Å². The largest absolute Gasteiger partial charge is 0.488 e. The first-order valence-corrected chi connectivity index (χ1v) is 12.0. The fraction of sp³-hybridized carbons (Fsp3) is 0.148. The van der Waals surface area contributed by atoms with Crippen molar-refractivity contribution in [1.82, 2.24) is 5.32 Å². The fourth-order valence-electron chi connectivity index (χ4n) is 3.66. The van der Waals surface area contributed by atoms with Crippen LogP contribution in [0.2, 0.25) is 5.02 Å². The summed E-state index contributed by atoms with van der Waals surface area (Å²) in [5.41, 5.74) is 4.76. The van der Waals surface area contributed by atoms with Crippen molar-refractivity contribution in [2.24, 2.45) is 0 Å². The van der Waals surface area contributed by atoms with E-state index in [1.54, 1.807) is 43.3 Å². The van der Waals surface area contributed by atoms with E-state index in [-0.39, 0.29) is 5.57 Å². The summed E-state index contributed by atoms with van der Waals surface area (Å²) in [6, 6.07) is 15.5. The summed E-state index contributed by atoms with van der Waals surface area (Å²) in [6.07, 6.45) is 1.44. The second-order valence-corrected chi connectivity index (χ2v) is 9.50. The normalized spacial score (nSPS) is 14.9. The Balaban J connectivity index is 1.58. The average molecular weight is 554 g/mol. The van der Waals surface area contributed by atoms with Gasteiger partial charge in [-0.05, 0) is 94.9 Å². The van der Waals surface area contributed by atoms with Crippen molar-refractivity contribution in [2.75, 3.05) is 4.90 Å². The van der Waals surface area contributed by atoms with Gasteiger partial charge in [0.2, 0.25) is 0 Å². The molecule has 3 aromatic rings. The minimum Gasteiger partial charge on any atom is -0.488 e. The summed E-state index contributed by atoms with van der Waals surface area (Å²) in [6.45, 7) is 6.22. The Labute approximate surface area is 216 Å². The van der Waals surface area contributed by atoms with Gasteiger partial charge >= 0.3 is 6.03 Å². The van der Waals surface area contributed by atoms with E-state index in [0.29, 0.717) is 38.7 Å². The Bertz CT molecular complexity index is 1400. The average Bonchev–Trinajstić information content (AvgIpc) is 2.81. The number of amides is 4. The van der Waals surface area contributed by atoms with Gasteiger partial charge in [-0.3, -0.25) is 14.9 Å². The number of carbonyl (C=O) groups excluding carboxylic acids is 3. The van der Waals surface area contributed by atoms with Crippen LogP contribution in [0.5, 0.6) is 5.75 Å². The van der Waals surface area contributed by atoms with E-state index in [2.05, 4.69) is 47.2 Å². The zero-order valence-corrected chi connectivity index (χ0v) is 21.7. The molecule has 1 aliphatic heterocycles. The third-order valence-corrected chi connectivity index (χ3v) is 6.84. The second kappa shape index (κ2) is 10.1. The number of hydrogen-bond donors (Lipinski definition) is 1. The molecule has 4 rings (SSSR count). The van der Waals surface area contributed by atoms with Gasteiger partial charge in [0.05, 0.1) is 10.2 Å². The van der Waals surface area contributed by atoms with Gasteiger partial charge in [-0.2, -0.15) is 0 Å². The number of carbonyl (C=O) groups is 3. The molecule has 0 radical (unpaired) electrons. The number of benzene rings is 3. The van der Waals surface area contributed by atoms with Gasteiger partial charge in [0.1, 0.15) is 17.9 Å². The number of ether oxygens (including phenoxy) is 1. The molecule has 0 unspecified atom stereocenters. The van der Waals surface area contributed by atoms with Gasteiger partial charge in [0, 0.05) is 5.02 Å². The second-order valence-electron chi connectivity index (χ2n) is 8.24. The maximum Gasteiger partial charge on any atom is 0.335 e. The van der Waals surface area contributed by atoms with Crippen molar-refractivity contribution < 1.29 is 19.1 Å². The molecule has 35 heavy (non-hydrogen) atoms. The summed E-state index contributed by atoms with van der Waals surface area (Å²) in [4.78, 5) is 39.1. The number of hydrogen-bond acceptors (Lipinski definition) is 4. The summed E-state index contributed by atoms with van der Waals surface area (Å²) >= 11 is 9.67. The van der Waals surface area contributed by atoms with E-state index in [1.165, 1.54) is 17.2 Å². The minimum absolute atomic E-state index is 0.167. The molecule has 3 aromatic carbocycles. The lowest BCUT2D eigenvalue weighted by Crippen LogP contribution is -2.54. The van der Waals surface area contributed by atoms with Crippen LogP contribution in [-0.4, -0.2) is 17.8 Å². The molecular formula is C27H22BrClN2O4. The van der Waals surface area contributed by atoms with E-state index >= 15 is 0 Å². The van der Waals surface area contributed by atoms with E-state index in [0.717, 1.165) is 10.5 Å². The van der Waals surface area contributed by atoms with Gasteiger partial charge in [0.25, 0.3) is 11.8 Å². The van der Waals surface area contributed by atoms with E-state index in [9.17, 15) is 14.4 Å². The number of rotatable bonds is 5. The first-order valence-electron chi connectivity index (χ1n) is 10.8. The number of urea groups is 1. The van der Waals surface area contributed by atoms with E-state index in [4.69, 9.17) is 16.3 Å². The van der Waals surface area contributed by atoms with Crippen molar-refractivity contribution in [3.8, 4) is 5.75 Å². The summed E-state index contributed by atoms with van der Waals surface area (Å²) in [5.74, 6) is -0.867. The number of nitrogens with zero attached hydrogens (tertiary/aromatic N) is 1. The molecule has 0 bridgehead atoms. The molecule has 0 saturated carbocycles. The molecule has 8 heteroatoms. The smallest absolute Gasteiger partial charge is 0.335 e. The lowest BCUT2D eigenvalue weighted by atomic mass is 10.1. The van der Waals surface area contributed by atoms with Crippen molar-refractivity contribution in [2.45, 2.75) is 27.4 Å². The molecule has 6 nitrogen and oxygen atoms in total. The summed E-state index contributed by atoms with van der Waals surface area (Å²) in [5, 5.41) is 2.64. The molecule has 4 amide bonds. The number of aryl methyl sites for hydroxylation is 2. The van der Waals surface area contributed by atoms with Gasteiger partial charge in [-0.25, -0.2) is 9.69 Å². The maximum atomic E-state index is 13.2. The monoisotopic (exact) mass is 552 g/mol. The van der Waals surface area contributed by atoms with Crippen LogP contribution in [0.25, 0.3) is 6.08 Å². The molecule has 0 atom stereocenters. The standard InChI is InChI=1S/C27H22BrClN2O4/c1-15-7-8-19(11-16(15)2)14-35-24-10-9-18(13-21(24)28)12-20-25(32)30-27(34)31(26(20)33)23-6-4-5-22(29)17(23)3/h4-13H,14H2,1-3H3,(H,30,32,34)/b20-12+. The topological polar surface area (TPSA) is 75.7 Å². The van der Waals surface area contributed by atoms with Crippen molar-refractivity contribution in [3.05, 3.63) is 97.5 Å². The summed E-state index contributed by atoms with van der Waals surface area (Å²) < 4.78 is 6.60. The van der Waals surface area contributed by atoms with Crippen molar-refractivity contribution >= 4 is 57.1 Å². The molecule has 0 spiro atoms. The van der Waals surface area contributed by atoms with Gasteiger partial charge in [-0.15, -0.1) is 0 Å². The van der Waals surface area contributed by atoms with Crippen LogP contribution in [0, 0.1) is 20.8 Å². The quantitative estimate of drug-likeness (QED) is 0.298. The van der Waals surface area contributed by atoms with Crippen molar-refractivity contribution in [1.29, 1.82) is 0 Å². The number of halogens is 2. The molecular weight excluding hydrogens is 532 g/mol. The number of imide groups is 2. The lowest BCUT2D eigenvalue weighted by Gasteiger charge is -2.27. The highest BCUT2D eigenvalue weighted by Gasteiger charge is 2.37. The first kappa shape index (κ1) is 24.7. The van der Waals surface area contributed by atoms with Gasteiger partial charge < -0.3 is 4.74 Å². The zero-order valence-electron chi connectivity index (χ0n) is 19.3. The number of barbiturate groups is 1. The first-order chi connectivity index (χ1) is 16.7. The molecule has 1 saturated heterocycles. The maximum absolute atomic E-state index is 13.2. The van der Waals surface area contributed by atoms with E-state index in [1.807, 2.05) is 6.07 Å². The lowest BCUT2D eigenvalue weighted by molar-refractivity contribution is -0.122. The molecule has 1 N–H and O–H groups in total. The highest BCUT2D eigenvalue weighted by atomic mass is 79.9. The van der Waals surface area contributed by atoms with E-state index < -0.39 is 17.8 Å². The fourth-order valence-corrected chi connectivity index (χ4v) is 4.34. The third kappa shape index (κ3) is 5.16. The van der Waals surface area contributed by atoms with Crippen LogP contribution in [0.15, 0.2) is 64.6 Å². The van der Waals surface area contributed by atoms with Gasteiger partial charge in [-0.1, -0.05) is 41.9 Å². The van der Waals surface area contributed by atoms with Crippen LogP contribution in [0.1, 0.15) is 27.8 Å². The summed E-state index contributed by atoms with van der Waals surface area (Å²) in [7, 11) is 0. The number of anilines is 1. The minimum atomic E-state index is -0.821. The molecule has 0 aliphatic carbocycles. The molecule has 178 valence electrons. The van der Waals surface area contributed by atoms with Crippen molar-refractivity contribution in [3.63, 3.8) is 0 Å². The zero-order chi connectivity index (χ0) is 25.3. The SMILES string of the molecule is Cc1ccc(COc2ccc(/C=C3\C(=O)NC(=O)N(c4cccc(Cl)c4C)C3=O)cc2Br)cc1C. The molecule has 1 aliphatic rings. The predicted octanol–water partition coefficient (Wildman–Crippen LogP) is 6.27. The highest BCUT2D eigenvalue weighted by molar-refractivity contribution is 9.10. The Morgan fingerprint density at radius 1 is 1.00 bits per heavy atom. The Hall–Kier alpha value is -3.42. The third-order valence-electron chi connectivity index (χ3n) is 5.81. The molecule has 1 fully saturated rings. The van der Waals surface area contributed by atoms with Crippen LogP contribution in [0.3, 0.4) is 0 Å². The molecule has 1 heterocycles.